The van der Waals surface area contributed by atoms with E-state index in [-0.39, 0.29) is 5.91 Å². The number of rotatable bonds is 4. The van der Waals surface area contributed by atoms with Gasteiger partial charge < -0.3 is 14.5 Å². The summed E-state index contributed by atoms with van der Waals surface area (Å²) in [5.41, 5.74) is 5.50. The summed E-state index contributed by atoms with van der Waals surface area (Å²) in [6.07, 6.45) is 14.6. The third kappa shape index (κ3) is 4.71. The van der Waals surface area contributed by atoms with Gasteiger partial charge in [-0.05, 0) is 55.4 Å². The van der Waals surface area contributed by atoms with Crippen LogP contribution in [0.4, 0.5) is 5.82 Å². The number of hydrogen-bond acceptors (Lipinski definition) is 5. The van der Waals surface area contributed by atoms with Gasteiger partial charge in [0.1, 0.15) is 12.1 Å². The van der Waals surface area contributed by atoms with Crippen molar-refractivity contribution in [3.05, 3.63) is 71.2 Å². The molecule has 0 atom stereocenters. The van der Waals surface area contributed by atoms with Crippen LogP contribution in [0.5, 0.6) is 0 Å². The molecule has 0 bridgehead atoms. The second kappa shape index (κ2) is 9.87. The van der Waals surface area contributed by atoms with E-state index in [4.69, 9.17) is 4.74 Å². The van der Waals surface area contributed by atoms with Crippen molar-refractivity contribution in [1.29, 1.82) is 0 Å². The zero-order valence-electron chi connectivity index (χ0n) is 19.4. The Labute approximate surface area is 196 Å². The molecule has 1 aliphatic carbocycles. The number of anilines is 1. The number of piperidine rings is 1. The van der Waals surface area contributed by atoms with E-state index < -0.39 is 0 Å². The molecule has 5 rings (SSSR count). The van der Waals surface area contributed by atoms with E-state index in [1.807, 2.05) is 17.0 Å². The highest BCUT2D eigenvalue weighted by molar-refractivity contribution is 5.94. The number of fused-ring (bicyclic) bond motifs is 1. The standard InChI is InChI=1S/C27H32N4O2/c1-33-23-12-15-30(16-13-23)26-24-18-31(17-14-25(24)28-19-29-26)27(32)22-10-8-21(9-11-22)20-6-4-2-3-5-7-20/h2-3,6,8-11,19,23H,4-5,7,12-18H2,1H3. The molecule has 0 radical (unpaired) electrons. The molecule has 6 nitrogen and oxygen atoms in total. The molecule has 3 aliphatic rings. The molecule has 1 amide bonds. The first kappa shape index (κ1) is 21.8. The molecular formula is C27H32N4O2. The number of carbonyl (C=O) groups is 1. The Morgan fingerprint density at radius 2 is 1.85 bits per heavy atom. The average molecular weight is 445 g/mol. The quantitative estimate of drug-likeness (QED) is 0.654. The van der Waals surface area contributed by atoms with Crippen molar-refractivity contribution in [3.8, 4) is 0 Å². The molecule has 33 heavy (non-hydrogen) atoms. The van der Waals surface area contributed by atoms with E-state index >= 15 is 0 Å². The van der Waals surface area contributed by atoms with E-state index in [2.05, 4.69) is 45.2 Å². The number of allylic oxidation sites excluding steroid dienone is 4. The number of benzene rings is 1. The average Bonchev–Trinajstić information content (AvgIpc) is 3.17. The zero-order valence-corrected chi connectivity index (χ0v) is 19.4. The molecule has 172 valence electrons. The van der Waals surface area contributed by atoms with E-state index in [0.29, 0.717) is 19.2 Å². The Balaban J connectivity index is 1.31. The summed E-state index contributed by atoms with van der Waals surface area (Å²) < 4.78 is 5.52. The van der Waals surface area contributed by atoms with Gasteiger partial charge in [-0.15, -0.1) is 0 Å². The van der Waals surface area contributed by atoms with Crippen LogP contribution in [-0.2, 0) is 17.7 Å². The minimum atomic E-state index is 0.0802. The number of amides is 1. The van der Waals surface area contributed by atoms with Crippen LogP contribution in [0.3, 0.4) is 0 Å². The second-order valence-electron chi connectivity index (χ2n) is 9.07. The number of aromatic nitrogens is 2. The predicted octanol–water partition coefficient (Wildman–Crippen LogP) is 4.41. The van der Waals surface area contributed by atoms with Gasteiger partial charge in [0.2, 0.25) is 0 Å². The summed E-state index contributed by atoms with van der Waals surface area (Å²) in [6, 6.07) is 8.14. The minimum absolute atomic E-state index is 0.0802. The molecule has 1 saturated heterocycles. The van der Waals surface area contributed by atoms with Crippen LogP contribution in [0.1, 0.15) is 59.3 Å². The third-order valence-electron chi connectivity index (χ3n) is 7.09. The number of carbonyl (C=O) groups excluding carboxylic acids is 1. The van der Waals surface area contributed by atoms with Crippen LogP contribution in [0.25, 0.3) is 5.57 Å². The highest BCUT2D eigenvalue weighted by atomic mass is 16.5. The highest BCUT2D eigenvalue weighted by Gasteiger charge is 2.28. The Morgan fingerprint density at radius 1 is 1.03 bits per heavy atom. The normalized spacial score (nSPS) is 19.1. The van der Waals surface area contributed by atoms with Crippen LogP contribution < -0.4 is 4.90 Å². The van der Waals surface area contributed by atoms with E-state index in [1.165, 1.54) is 11.1 Å². The first-order valence-electron chi connectivity index (χ1n) is 12.1. The van der Waals surface area contributed by atoms with Gasteiger partial charge in [0.25, 0.3) is 5.91 Å². The van der Waals surface area contributed by atoms with E-state index in [1.54, 1.807) is 13.4 Å². The van der Waals surface area contributed by atoms with E-state index in [9.17, 15) is 4.79 Å². The maximum absolute atomic E-state index is 13.4. The molecule has 0 N–H and O–H groups in total. The first-order valence-corrected chi connectivity index (χ1v) is 12.1. The zero-order chi connectivity index (χ0) is 22.6. The second-order valence-corrected chi connectivity index (χ2v) is 9.07. The topological polar surface area (TPSA) is 58.6 Å². The summed E-state index contributed by atoms with van der Waals surface area (Å²) in [4.78, 5) is 26.8. The van der Waals surface area contributed by atoms with Crippen molar-refractivity contribution >= 4 is 17.3 Å². The Hall–Kier alpha value is -2.99. The van der Waals surface area contributed by atoms with Crippen LogP contribution in [0, 0.1) is 0 Å². The van der Waals surface area contributed by atoms with Gasteiger partial charge >= 0.3 is 0 Å². The maximum atomic E-state index is 13.4. The van der Waals surface area contributed by atoms with Crippen molar-refractivity contribution in [1.82, 2.24) is 14.9 Å². The summed E-state index contributed by atoms with van der Waals surface area (Å²) >= 11 is 0. The minimum Gasteiger partial charge on any atom is -0.381 e. The van der Waals surface area contributed by atoms with Gasteiger partial charge in [-0.1, -0.05) is 30.4 Å². The number of methoxy groups -OCH3 is 1. The predicted molar refractivity (Wildman–Crippen MR) is 130 cm³/mol. The summed E-state index contributed by atoms with van der Waals surface area (Å²) in [5, 5.41) is 0. The van der Waals surface area contributed by atoms with Gasteiger partial charge in [0.15, 0.2) is 0 Å². The van der Waals surface area contributed by atoms with Crippen LogP contribution in [0.2, 0.25) is 0 Å². The van der Waals surface area contributed by atoms with Crippen LogP contribution in [-0.4, -0.2) is 53.6 Å². The molecule has 0 unspecified atom stereocenters. The van der Waals surface area contributed by atoms with Gasteiger partial charge in [0.05, 0.1) is 18.3 Å². The van der Waals surface area contributed by atoms with Gasteiger partial charge in [-0.2, -0.15) is 0 Å². The maximum Gasteiger partial charge on any atom is 0.254 e. The molecule has 3 heterocycles. The van der Waals surface area contributed by atoms with Crippen molar-refractivity contribution < 1.29 is 9.53 Å². The fourth-order valence-electron chi connectivity index (χ4n) is 5.11. The SMILES string of the molecule is COC1CCN(c2ncnc3c2CN(C(=O)c2ccc(C4=CCC=CCC4)cc2)CC3)CC1. The largest absolute Gasteiger partial charge is 0.381 e. The lowest BCUT2D eigenvalue weighted by atomic mass is 9.99. The van der Waals surface area contributed by atoms with Gasteiger partial charge in [0, 0.05) is 44.3 Å². The molecule has 6 heteroatoms. The molecule has 2 aliphatic heterocycles. The number of ether oxygens (including phenoxy) is 1. The molecule has 0 saturated carbocycles. The van der Waals surface area contributed by atoms with Gasteiger partial charge in [-0.3, -0.25) is 4.79 Å². The smallest absolute Gasteiger partial charge is 0.254 e. The van der Waals surface area contributed by atoms with Crippen molar-refractivity contribution in [3.63, 3.8) is 0 Å². The lowest BCUT2D eigenvalue weighted by Crippen LogP contribution is -2.41. The Kier molecular flexibility index (Phi) is 6.53. The lowest BCUT2D eigenvalue weighted by Gasteiger charge is -2.36. The Morgan fingerprint density at radius 3 is 2.64 bits per heavy atom. The number of nitrogens with zero attached hydrogens (tertiary/aromatic N) is 4. The van der Waals surface area contributed by atoms with Gasteiger partial charge in [-0.25, -0.2) is 9.97 Å². The van der Waals surface area contributed by atoms with Crippen molar-refractivity contribution in [2.75, 3.05) is 31.6 Å². The van der Waals surface area contributed by atoms with E-state index in [0.717, 1.165) is 74.3 Å². The lowest BCUT2D eigenvalue weighted by molar-refractivity contribution is 0.0733. The number of hydrogen-bond donors (Lipinski definition) is 0. The summed E-state index contributed by atoms with van der Waals surface area (Å²) in [7, 11) is 1.79. The molecule has 1 aromatic carbocycles. The summed E-state index contributed by atoms with van der Waals surface area (Å²) in [5.74, 6) is 1.06. The monoisotopic (exact) mass is 444 g/mol. The first-order chi connectivity index (χ1) is 16.2. The van der Waals surface area contributed by atoms with Crippen LogP contribution in [0.15, 0.2) is 48.8 Å². The fourth-order valence-corrected chi connectivity index (χ4v) is 5.11. The molecule has 0 spiro atoms. The summed E-state index contributed by atoms with van der Waals surface area (Å²) in [6.45, 7) is 3.09. The highest BCUT2D eigenvalue weighted by Crippen LogP contribution is 2.29. The Bertz CT molecular complexity index is 1050. The fraction of sp³-hybridized carbons (Fsp3) is 0.444. The molecule has 1 fully saturated rings. The molecule has 2 aromatic rings. The van der Waals surface area contributed by atoms with Crippen LogP contribution >= 0.6 is 0 Å². The third-order valence-corrected chi connectivity index (χ3v) is 7.09. The van der Waals surface area contributed by atoms with Crippen molar-refractivity contribution in [2.24, 2.45) is 0 Å². The molecule has 1 aromatic heterocycles. The van der Waals surface area contributed by atoms with Crippen molar-refractivity contribution in [2.45, 2.75) is 51.2 Å². The molecular weight excluding hydrogens is 412 g/mol.